The molecule has 7 nitrogen and oxygen atoms in total. The number of benzene rings is 2. The van der Waals surface area contributed by atoms with E-state index in [1.54, 1.807) is 13.3 Å². The molecule has 9 heteroatoms. The Morgan fingerprint density at radius 3 is 2.27 bits per heavy atom. The number of aliphatic hydroxyl groups excluding tert-OH is 1. The molecule has 0 aliphatic carbocycles. The van der Waals surface area contributed by atoms with Crippen LogP contribution in [-0.2, 0) is 9.47 Å². The van der Waals surface area contributed by atoms with E-state index in [-0.39, 0.29) is 29.9 Å². The maximum atomic E-state index is 13.0. The Hall–Kier alpha value is -2.27. The monoisotopic (exact) mass is 641 g/mol. The minimum absolute atomic E-state index is 0.0673. The lowest BCUT2D eigenvalue weighted by Gasteiger charge is -2.50. The molecule has 2 N–H and O–H groups in total. The van der Waals surface area contributed by atoms with Crippen LogP contribution in [0.15, 0.2) is 76.1 Å². The predicted octanol–water partition coefficient (Wildman–Crippen LogP) is 4.33. The smallest absolute Gasteiger partial charge is 0.258 e. The van der Waals surface area contributed by atoms with Gasteiger partial charge in [-0.15, -0.1) is 0 Å². The van der Waals surface area contributed by atoms with Crippen molar-refractivity contribution >= 4 is 34.6 Å². The Labute approximate surface area is 251 Å². The number of halogens is 1. The van der Waals surface area contributed by atoms with Gasteiger partial charge in [0.25, 0.3) is 8.32 Å². The predicted molar refractivity (Wildman–Crippen MR) is 166 cm³/mol. The quantitative estimate of drug-likeness (QED) is 0.320. The fraction of sp³-hybridized carbons (Fsp3) is 0.469. The topological polar surface area (TPSA) is 90.2 Å². The highest BCUT2D eigenvalue weighted by atomic mass is 79.9. The second-order valence-electron chi connectivity index (χ2n) is 12.0. The fourth-order valence-electron chi connectivity index (χ4n) is 7.30. The van der Waals surface area contributed by atoms with Gasteiger partial charge < -0.3 is 28.7 Å². The van der Waals surface area contributed by atoms with Crippen LogP contribution >= 0.6 is 15.9 Å². The van der Waals surface area contributed by atoms with E-state index < -0.39 is 24.9 Å². The van der Waals surface area contributed by atoms with E-state index in [4.69, 9.17) is 14.2 Å². The van der Waals surface area contributed by atoms with Gasteiger partial charge in [-0.2, -0.15) is 0 Å². The van der Waals surface area contributed by atoms with E-state index in [0.717, 1.165) is 29.6 Å². The summed E-state index contributed by atoms with van der Waals surface area (Å²) < 4.78 is 20.1. The van der Waals surface area contributed by atoms with Crippen LogP contribution in [0.4, 0.5) is 0 Å². The lowest BCUT2D eigenvalue weighted by atomic mass is 9.67. The van der Waals surface area contributed by atoms with Crippen molar-refractivity contribution in [3.05, 3.63) is 87.3 Å². The Kier molecular flexibility index (Phi) is 8.67. The summed E-state index contributed by atoms with van der Waals surface area (Å²) in [6.45, 7) is 5.13. The molecule has 1 saturated heterocycles. The molecule has 1 aromatic heterocycles. The molecule has 1 fully saturated rings. The molecule has 3 aromatic rings. The van der Waals surface area contributed by atoms with Crippen molar-refractivity contribution < 1.29 is 24.1 Å². The summed E-state index contributed by atoms with van der Waals surface area (Å²) in [5, 5.41) is 13.6. The van der Waals surface area contributed by atoms with Crippen LogP contribution in [0.25, 0.3) is 0 Å². The van der Waals surface area contributed by atoms with Crippen LogP contribution in [0.1, 0.15) is 57.4 Å². The second-order valence-corrected chi connectivity index (χ2v) is 16.8. The number of pyridine rings is 1. The molecule has 0 saturated carbocycles. The van der Waals surface area contributed by atoms with Crippen LogP contribution in [0.2, 0.25) is 5.04 Å². The molecule has 41 heavy (non-hydrogen) atoms. The van der Waals surface area contributed by atoms with Crippen LogP contribution in [-0.4, -0.2) is 56.3 Å². The van der Waals surface area contributed by atoms with Gasteiger partial charge in [0.1, 0.15) is 6.10 Å². The highest BCUT2D eigenvalue weighted by Crippen LogP contribution is 2.56. The summed E-state index contributed by atoms with van der Waals surface area (Å²) in [7, 11) is -0.0805. The van der Waals surface area contributed by atoms with Crippen molar-refractivity contribution in [3.8, 4) is 5.75 Å². The first-order chi connectivity index (χ1) is 19.6. The minimum Gasteiger partial charge on any atom is -0.491 e. The van der Waals surface area contributed by atoms with Crippen LogP contribution in [0.3, 0.4) is 0 Å². The molecule has 2 aromatic carbocycles. The third kappa shape index (κ3) is 4.94. The van der Waals surface area contributed by atoms with Gasteiger partial charge in [-0.3, -0.25) is 4.79 Å². The number of hydrogen-bond acceptors (Lipinski definition) is 6. The van der Waals surface area contributed by atoms with Crippen LogP contribution < -0.4 is 20.5 Å². The van der Waals surface area contributed by atoms with Crippen molar-refractivity contribution in [1.29, 1.82) is 0 Å². The second kappa shape index (κ2) is 11.8. The van der Waals surface area contributed by atoms with E-state index >= 15 is 0 Å². The Morgan fingerprint density at radius 2 is 1.71 bits per heavy atom. The maximum Gasteiger partial charge on any atom is 0.258 e. The summed E-state index contributed by atoms with van der Waals surface area (Å²) >= 11 is 3.38. The molecule has 220 valence electrons. The molecular weight excluding hydrogens is 602 g/mol. The molecule has 0 radical (unpaired) electrons. The van der Waals surface area contributed by atoms with E-state index in [1.807, 2.05) is 65.2 Å². The van der Waals surface area contributed by atoms with Crippen molar-refractivity contribution in [2.45, 2.75) is 62.8 Å². The molecule has 4 atom stereocenters. The molecule has 0 amide bonds. The minimum atomic E-state index is -3.18. The normalized spacial score (nSPS) is 24.1. The van der Waals surface area contributed by atoms with Crippen molar-refractivity contribution in [1.82, 2.24) is 4.57 Å². The highest BCUT2D eigenvalue weighted by Gasteiger charge is 2.58. The Balaban J connectivity index is 1.51. The zero-order chi connectivity index (χ0) is 29.4. The molecule has 4 unspecified atom stereocenters. The zero-order valence-corrected chi connectivity index (χ0v) is 26.8. The Morgan fingerprint density at radius 1 is 1.10 bits per heavy atom. The average Bonchev–Trinajstić information content (AvgIpc) is 3.48. The summed E-state index contributed by atoms with van der Waals surface area (Å²) in [5.41, 5.74) is -0.605. The zero-order valence-electron chi connectivity index (χ0n) is 24.2. The lowest BCUT2D eigenvalue weighted by molar-refractivity contribution is -0.148. The number of nitrogens with zero attached hydrogens (tertiary/aromatic N) is 1. The fourth-order valence-corrected chi connectivity index (χ4v) is 11.5. The summed E-state index contributed by atoms with van der Waals surface area (Å²) in [6, 6.07) is 20.0. The summed E-state index contributed by atoms with van der Waals surface area (Å²) in [6.07, 6.45) is 3.20. The summed E-state index contributed by atoms with van der Waals surface area (Å²) in [5.74, 6) is 0.146. The first-order valence-electron chi connectivity index (χ1n) is 14.2. The molecular formula is C32H40BrNO6Si. The van der Waals surface area contributed by atoms with Gasteiger partial charge in [-0.25, -0.2) is 0 Å². The van der Waals surface area contributed by atoms with Crippen molar-refractivity contribution in [2.24, 2.45) is 5.41 Å². The number of aliphatic hydroxyl groups is 1. The molecule has 0 bridgehead atoms. The van der Waals surface area contributed by atoms with Gasteiger partial charge in [-0.05, 0) is 50.6 Å². The standard InChI is InChI=1S/C32H40BrNO6Si/c1-31(2,41(37,22-12-7-5-8-13-22)23-14-9-6-10-15-23)17-11-18-32(21-38-3)29(36)26-28(39-4)27(35)24(33)20-34(26)25-16-19-40-30(25)32/h5-10,12-15,20,25,29-30,36-37H,11,16-19,21H2,1-4H3. The van der Waals surface area contributed by atoms with Gasteiger partial charge in [0, 0.05) is 19.9 Å². The third-order valence-electron chi connectivity index (χ3n) is 9.40. The number of methoxy groups -OCH3 is 2. The number of hydrogen-bond donors (Lipinski definition) is 2. The van der Waals surface area contributed by atoms with E-state index in [0.29, 0.717) is 23.2 Å². The van der Waals surface area contributed by atoms with Gasteiger partial charge >= 0.3 is 0 Å². The van der Waals surface area contributed by atoms with Gasteiger partial charge in [-0.1, -0.05) is 80.9 Å². The SMILES string of the molecule is COCC1(CCCC(C)(C)[Si](O)(c2ccccc2)c2ccccc2)C(O)c2c(OC)c(=O)c(Br)cn2C2CCOC21. The van der Waals surface area contributed by atoms with E-state index in [2.05, 4.69) is 29.8 Å². The lowest BCUT2D eigenvalue weighted by Crippen LogP contribution is -2.65. The van der Waals surface area contributed by atoms with Crippen LogP contribution in [0.5, 0.6) is 5.75 Å². The molecule has 2 aliphatic rings. The number of ether oxygens (including phenoxy) is 3. The van der Waals surface area contributed by atoms with Crippen LogP contribution in [0, 0.1) is 5.41 Å². The van der Waals surface area contributed by atoms with E-state index in [9.17, 15) is 14.7 Å². The van der Waals surface area contributed by atoms with Gasteiger partial charge in [0.05, 0.1) is 41.4 Å². The number of rotatable bonds is 10. The molecule has 5 rings (SSSR count). The average molecular weight is 643 g/mol. The first kappa shape index (κ1) is 30.2. The molecule has 3 heterocycles. The van der Waals surface area contributed by atoms with Gasteiger partial charge in [0.2, 0.25) is 5.43 Å². The van der Waals surface area contributed by atoms with E-state index in [1.165, 1.54) is 7.11 Å². The number of fused-ring (bicyclic) bond motifs is 3. The maximum absolute atomic E-state index is 13.0. The third-order valence-corrected chi connectivity index (χ3v) is 14.5. The largest absolute Gasteiger partial charge is 0.491 e. The number of aromatic nitrogens is 1. The summed E-state index contributed by atoms with van der Waals surface area (Å²) in [4.78, 5) is 25.6. The molecule has 0 spiro atoms. The first-order valence-corrected chi connectivity index (χ1v) is 17.0. The highest BCUT2D eigenvalue weighted by molar-refractivity contribution is 9.10. The van der Waals surface area contributed by atoms with Crippen molar-refractivity contribution in [3.63, 3.8) is 0 Å². The molecule has 2 aliphatic heterocycles. The van der Waals surface area contributed by atoms with Crippen molar-refractivity contribution in [2.75, 3.05) is 27.4 Å². The Bertz CT molecular complexity index is 1380. The van der Waals surface area contributed by atoms with Gasteiger partial charge in [0.15, 0.2) is 5.75 Å².